The number of anilines is 5. The van der Waals surface area contributed by atoms with Crippen molar-refractivity contribution in [2.24, 2.45) is 0 Å². The first-order chi connectivity index (χ1) is 22.7. The standard InChI is InChI=1S/C34H39FN8O4/c1-6-34(44)40-27-18-28(31(45-5)19-30(27)42(4)13-12-41(2)3)39-32-20-33(38-22-37-32)43-29(10-14-47-43)23-15-24(35)17-26(16-23)46-21-25-9-7-8-11-36-25/h6-9,11,15-20,22,29H,1,10,12-14,21H2,2-5H3,(H,40,44)(H,37,38,39)/t29-/m1/s1. The van der Waals surface area contributed by atoms with Crippen LogP contribution in [0.4, 0.5) is 33.1 Å². The number of likely N-dealkylation sites (N-methyl/N-ethyl adjacent to an activating group) is 2. The van der Waals surface area contributed by atoms with Gasteiger partial charge >= 0.3 is 0 Å². The molecule has 12 nitrogen and oxygen atoms in total. The van der Waals surface area contributed by atoms with E-state index >= 15 is 0 Å². The van der Waals surface area contributed by atoms with E-state index < -0.39 is 5.82 Å². The molecule has 246 valence electrons. The number of aromatic nitrogens is 3. The normalized spacial score (nSPS) is 14.2. The second kappa shape index (κ2) is 15.3. The van der Waals surface area contributed by atoms with E-state index in [-0.39, 0.29) is 18.6 Å². The number of methoxy groups -OCH3 is 1. The first-order valence-corrected chi connectivity index (χ1v) is 15.1. The van der Waals surface area contributed by atoms with Crippen molar-refractivity contribution in [1.82, 2.24) is 19.9 Å². The van der Waals surface area contributed by atoms with Crippen LogP contribution in [0.25, 0.3) is 0 Å². The van der Waals surface area contributed by atoms with Gasteiger partial charge in [0.15, 0.2) is 5.82 Å². The highest BCUT2D eigenvalue weighted by Gasteiger charge is 2.30. The summed E-state index contributed by atoms with van der Waals surface area (Å²) in [4.78, 5) is 35.6. The van der Waals surface area contributed by atoms with Crippen LogP contribution in [0.2, 0.25) is 0 Å². The molecule has 0 saturated carbocycles. The van der Waals surface area contributed by atoms with Crippen LogP contribution in [0.5, 0.6) is 11.5 Å². The topological polar surface area (TPSA) is 117 Å². The fraction of sp³-hybridized carbons (Fsp3) is 0.294. The number of carbonyl (C=O) groups excluding carboxylic acids is 1. The minimum Gasteiger partial charge on any atom is -0.494 e. The summed E-state index contributed by atoms with van der Waals surface area (Å²) in [7, 11) is 7.53. The molecule has 0 radical (unpaired) electrons. The zero-order valence-corrected chi connectivity index (χ0v) is 26.9. The van der Waals surface area contributed by atoms with Gasteiger partial charge in [-0.15, -0.1) is 0 Å². The number of pyridine rings is 1. The Labute approximate surface area is 273 Å². The molecule has 13 heteroatoms. The van der Waals surface area contributed by atoms with Crippen molar-refractivity contribution >= 4 is 34.6 Å². The molecule has 47 heavy (non-hydrogen) atoms. The number of amides is 1. The van der Waals surface area contributed by atoms with Crippen LogP contribution in [0, 0.1) is 5.82 Å². The third-order valence-corrected chi connectivity index (χ3v) is 7.49. The summed E-state index contributed by atoms with van der Waals surface area (Å²) in [6.07, 6.45) is 4.93. The number of halogens is 1. The van der Waals surface area contributed by atoms with Crippen LogP contribution >= 0.6 is 0 Å². The average Bonchev–Trinajstić information content (AvgIpc) is 3.57. The van der Waals surface area contributed by atoms with Gasteiger partial charge in [-0.25, -0.2) is 19.4 Å². The molecular weight excluding hydrogens is 603 g/mol. The molecule has 1 amide bonds. The number of carbonyl (C=O) groups is 1. The Kier molecular flexibility index (Phi) is 10.8. The van der Waals surface area contributed by atoms with Gasteiger partial charge in [0.25, 0.3) is 0 Å². The van der Waals surface area contributed by atoms with Gasteiger partial charge in [0.05, 0.1) is 42.5 Å². The summed E-state index contributed by atoms with van der Waals surface area (Å²) in [6.45, 7) is 5.75. The Balaban J connectivity index is 1.38. The van der Waals surface area contributed by atoms with E-state index in [4.69, 9.17) is 14.3 Å². The monoisotopic (exact) mass is 642 g/mol. The van der Waals surface area contributed by atoms with Gasteiger partial charge in [0, 0.05) is 51.0 Å². The number of rotatable bonds is 14. The second-order valence-electron chi connectivity index (χ2n) is 11.2. The number of nitrogens with zero attached hydrogens (tertiary/aromatic N) is 6. The Morgan fingerprint density at radius 3 is 2.70 bits per heavy atom. The van der Waals surface area contributed by atoms with Crippen molar-refractivity contribution < 1.29 is 23.5 Å². The fourth-order valence-corrected chi connectivity index (χ4v) is 5.08. The van der Waals surface area contributed by atoms with E-state index in [9.17, 15) is 9.18 Å². The van der Waals surface area contributed by atoms with Crippen molar-refractivity contribution in [1.29, 1.82) is 0 Å². The highest BCUT2D eigenvalue weighted by Crippen LogP contribution is 2.40. The van der Waals surface area contributed by atoms with Crippen LogP contribution in [-0.2, 0) is 16.2 Å². The zero-order chi connectivity index (χ0) is 33.3. The third-order valence-electron chi connectivity index (χ3n) is 7.49. The fourth-order valence-electron chi connectivity index (χ4n) is 5.08. The van der Waals surface area contributed by atoms with Gasteiger partial charge in [-0.1, -0.05) is 12.6 Å². The van der Waals surface area contributed by atoms with Crippen molar-refractivity contribution in [3.05, 3.63) is 96.9 Å². The maximum Gasteiger partial charge on any atom is 0.247 e. The molecule has 0 bridgehead atoms. The summed E-state index contributed by atoms with van der Waals surface area (Å²) >= 11 is 0. The lowest BCUT2D eigenvalue weighted by Gasteiger charge is -2.26. The Hall–Kier alpha value is -5.27. The number of hydrogen-bond acceptors (Lipinski definition) is 11. The average molecular weight is 643 g/mol. The molecule has 1 fully saturated rings. The first kappa shape index (κ1) is 33.1. The van der Waals surface area contributed by atoms with E-state index in [1.807, 2.05) is 50.3 Å². The largest absolute Gasteiger partial charge is 0.494 e. The Bertz CT molecular complexity index is 1690. The second-order valence-corrected chi connectivity index (χ2v) is 11.2. The number of ether oxygens (including phenoxy) is 2. The van der Waals surface area contributed by atoms with E-state index in [0.717, 1.165) is 24.5 Å². The molecule has 2 aromatic carbocycles. The molecule has 2 aromatic heterocycles. The zero-order valence-electron chi connectivity index (χ0n) is 26.9. The van der Waals surface area contributed by atoms with Crippen LogP contribution in [-0.4, -0.2) is 73.7 Å². The van der Waals surface area contributed by atoms with Crippen molar-refractivity contribution in [3.63, 3.8) is 0 Å². The summed E-state index contributed by atoms with van der Waals surface area (Å²) in [6, 6.07) is 15.2. The van der Waals surface area contributed by atoms with Gasteiger partial charge in [-0.3, -0.25) is 14.6 Å². The predicted molar refractivity (Wildman–Crippen MR) is 180 cm³/mol. The molecule has 3 heterocycles. The Morgan fingerprint density at radius 2 is 1.96 bits per heavy atom. The molecule has 0 unspecified atom stereocenters. The molecule has 1 atom stereocenters. The number of hydroxylamine groups is 1. The van der Waals surface area contributed by atoms with Gasteiger partial charge in [0.1, 0.15) is 36.1 Å². The molecule has 5 rings (SSSR count). The van der Waals surface area contributed by atoms with Crippen LogP contribution in [0.15, 0.2) is 79.8 Å². The van der Waals surface area contributed by atoms with E-state index in [0.29, 0.717) is 53.1 Å². The molecular formula is C34H39FN8O4. The molecule has 0 aliphatic carbocycles. The summed E-state index contributed by atoms with van der Waals surface area (Å²) in [5.74, 6) is 1.11. The van der Waals surface area contributed by atoms with E-state index in [1.54, 1.807) is 36.6 Å². The predicted octanol–water partition coefficient (Wildman–Crippen LogP) is 5.35. The van der Waals surface area contributed by atoms with Crippen LogP contribution in [0.1, 0.15) is 23.7 Å². The maximum absolute atomic E-state index is 14.8. The van der Waals surface area contributed by atoms with Gasteiger partial charge < -0.3 is 29.9 Å². The van der Waals surface area contributed by atoms with Crippen molar-refractivity contribution in [2.75, 3.05) is 68.5 Å². The smallest absolute Gasteiger partial charge is 0.247 e. The number of nitrogens with one attached hydrogen (secondary N) is 2. The van der Waals surface area contributed by atoms with Crippen LogP contribution in [0.3, 0.4) is 0 Å². The SMILES string of the molecule is C=CC(=O)Nc1cc(Nc2cc(N3OCC[C@@H]3c3cc(F)cc(OCc4ccccn4)c3)ncn2)c(OC)cc1N(C)CCN(C)C. The number of hydrogen-bond donors (Lipinski definition) is 2. The minimum absolute atomic E-state index is 0.214. The van der Waals surface area contributed by atoms with Gasteiger partial charge in [-0.05, 0) is 56.1 Å². The lowest BCUT2D eigenvalue weighted by molar-refractivity contribution is -0.111. The molecule has 0 spiro atoms. The molecule has 1 aliphatic rings. The molecule has 4 aromatic rings. The minimum atomic E-state index is -0.419. The van der Waals surface area contributed by atoms with Crippen molar-refractivity contribution in [3.8, 4) is 11.5 Å². The summed E-state index contributed by atoms with van der Waals surface area (Å²) in [5.41, 5.74) is 3.34. The van der Waals surface area contributed by atoms with Crippen molar-refractivity contribution in [2.45, 2.75) is 19.1 Å². The third kappa shape index (κ3) is 8.51. The lowest BCUT2D eigenvalue weighted by atomic mass is 10.0. The van der Waals surface area contributed by atoms with E-state index in [2.05, 4.69) is 37.1 Å². The summed E-state index contributed by atoms with van der Waals surface area (Å²) in [5, 5.41) is 7.85. The first-order valence-electron chi connectivity index (χ1n) is 15.1. The highest BCUT2D eigenvalue weighted by atomic mass is 19.1. The maximum atomic E-state index is 14.8. The highest BCUT2D eigenvalue weighted by molar-refractivity contribution is 6.02. The lowest BCUT2D eigenvalue weighted by Crippen LogP contribution is -2.29. The van der Waals surface area contributed by atoms with E-state index in [1.165, 1.54) is 24.5 Å². The summed E-state index contributed by atoms with van der Waals surface area (Å²) < 4.78 is 26.4. The number of benzene rings is 2. The van der Waals surface area contributed by atoms with Gasteiger partial charge in [-0.2, -0.15) is 0 Å². The van der Waals surface area contributed by atoms with Crippen LogP contribution < -0.4 is 30.1 Å². The Morgan fingerprint density at radius 1 is 1.11 bits per heavy atom. The quantitative estimate of drug-likeness (QED) is 0.174. The van der Waals surface area contributed by atoms with Gasteiger partial charge in [0.2, 0.25) is 5.91 Å². The molecule has 1 aliphatic heterocycles. The molecule has 2 N–H and O–H groups in total. The molecule has 1 saturated heterocycles.